The molecule has 0 saturated carbocycles. The van der Waals surface area contributed by atoms with E-state index in [1.165, 1.54) is 0 Å². The molecule has 5 nitrogen and oxygen atoms in total. The van der Waals surface area contributed by atoms with Crippen LogP contribution in [0, 0.1) is 5.41 Å². The number of aromatic nitrogens is 2. The molecule has 2 N–H and O–H groups in total. The van der Waals surface area contributed by atoms with E-state index in [0.29, 0.717) is 12.2 Å². The van der Waals surface area contributed by atoms with Crippen LogP contribution < -0.4 is 5.73 Å². The van der Waals surface area contributed by atoms with Crippen molar-refractivity contribution in [3.8, 4) is 0 Å². The van der Waals surface area contributed by atoms with Gasteiger partial charge in [-0.1, -0.05) is 13.8 Å². The van der Waals surface area contributed by atoms with Gasteiger partial charge in [0, 0.05) is 20.1 Å². The first kappa shape index (κ1) is 14.1. The fourth-order valence-electron chi connectivity index (χ4n) is 2.52. The van der Waals surface area contributed by atoms with E-state index in [4.69, 9.17) is 5.73 Å². The summed E-state index contributed by atoms with van der Waals surface area (Å²) < 4.78 is 1.69. The molecule has 1 aromatic rings. The van der Waals surface area contributed by atoms with Gasteiger partial charge in [0.2, 0.25) is 0 Å². The molecule has 0 aliphatic carbocycles. The average molecular weight is 264 g/mol. The molecule has 2 rings (SSSR count). The van der Waals surface area contributed by atoms with Gasteiger partial charge < -0.3 is 10.6 Å². The molecule has 1 amide bonds. The SMILES string of the molecule is CCc1cc(C(=O)N2CCC(C)(CN)CC2)n(C)n1. The summed E-state index contributed by atoms with van der Waals surface area (Å²) in [5, 5.41) is 4.34. The van der Waals surface area contributed by atoms with Crippen LogP contribution in [0.2, 0.25) is 0 Å². The first-order chi connectivity index (χ1) is 8.99. The molecule has 0 unspecified atom stereocenters. The number of aryl methyl sites for hydroxylation is 2. The number of nitrogens with two attached hydrogens (primary N) is 1. The van der Waals surface area contributed by atoms with Gasteiger partial charge in [-0.2, -0.15) is 5.10 Å². The van der Waals surface area contributed by atoms with Gasteiger partial charge in [-0.15, -0.1) is 0 Å². The summed E-state index contributed by atoms with van der Waals surface area (Å²) in [5.41, 5.74) is 7.65. The Balaban J connectivity index is 2.07. The second-order valence-electron chi connectivity index (χ2n) is 5.81. The third kappa shape index (κ3) is 2.81. The summed E-state index contributed by atoms with van der Waals surface area (Å²) in [4.78, 5) is 14.4. The van der Waals surface area contributed by atoms with Gasteiger partial charge in [0.1, 0.15) is 5.69 Å². The number of carbonyl (C=O) groups excluding carboxylic acids is 1. The van der Waals surface area contributed by atoms with Crippen LogP contribution in [0.1, 0.15) is 42.9 Å². The fourth-order valence-corrected chi connectivity index (χ4v) is 2.52. The lowest BCUT2D eigenvalue weighted by Gasteiger charge is -2.38. The molecule has 1 aliphatic heterocycles. The van der Waals surface area contributed by atoms with Crippen molar-refractivity contribution in [3.63, 3.8) is 0 Å². The van der Waals surface area contributed by atoms with E-state index in [-0.39, 0.29) is 11.3 Å². The molecule has 5 heteroatoms. The molecule has 1 fully saturated rings. The molecule has 0 spiro atoms. The minimum absolute atomic E-state index is 0.0915. The maximum absolute atomic E-state index is 12.5. The van der Waals surface area contributed by atoms with Gasteiger partial charge in [-0.05, 0) is 37.3 Å². The molecular formula is C14H24N4O. The first-order valence-electron chi connectivity index (χ1n) is 7.01. The summed E-state index contributed by atoms with van der Waals surface area (Å²) in [7, 11) is 1.83. The second kappa shape index (κ2) is 5.33. The Labute approximate surface area is 114 Å². The van der Waals surface area contributed by atoms with Gasteiger partial charge in [0.05, 0.1) is 5.69 Å². The standard InChI is InChI=1S/C14H24N4O/c1-4-11-9-12(17(3)16-11)13(19)18-7-5-14(2,10-15)6-8-18/h9H,4-8,10,15H2,1-3H3. The summed E-state index contributed by atoms with van der Waals surface area (Å²) in [6.45, 7) is 6.53. The van der Waals surface area contributed by atoms with Crippen molar-refractivity contribution in [2.75, 3.05) is 19.6 Å². The third-order valence-corrected chi connectivity index (χ3v) is 4.26. The van der Waals surface area contributed by atoms with E-state index in [1.807, 2.05) is 24.9 Å². The molecule has 0 aromatic carbocycles. The van der Waals surface area contributed by atoms with Crippen molar-refractivity contribution < 1.29 is 4.79 Å². The molecule has 1 aliphatic rings. The predicted molar refractivity (Wildman–Crippen MR) is 74.9 cm³/mol. The monoisotopic (exact) mass is 264 g/mol. The van der Waals surface area contributed by atoms with Crippen LogP contribution in [-0.4, -0.2) is 40.2 Å². The zero-order valence-corrected chi connectivity index (χ0v) is 12.1. The first-order valence-corrected chi connectivity index (χ1v) is 7.01. The third-order valence-electron chi connectivity index (χ3n) is 4.26. The number of amides is 1. The predicted octanol–water partition coefficient (Wildman–Crippen LogP) is 1.18. The lowest BCUT2D eigenvalue weighted by atomic mass is 9.80. The summed E-state index contributed by atoms with van der Waals surface area (Å²) in [6, 6.07) is 1.90. The zero-order valence-electron chi connectivity index (χ0n) is 12.1. The summed E-state index contributed by atoms with van der Waals surface area (Å²) in [6.07, 6.45) is 2.81. The number of hydrogen-bond acceptors (Lipinski definition) is 3. The highest BCUT2D eigenvalue weighted by atomic mass is 16.2. The molecule has 0 radical (unpaired) electrons. The average Bonchev–Trinajstić information content (AvgIpc) is 2.80. The second-order valence-corrected chi connectivity index (χ2v) is 5.81. The highest BCUT2D eigenvalue weighted by Gasteiger charge is 2.31. The zero-order chi connectivity index (χ0) is 14.0. The van der Waals surface area contributed by atoms with Crippen molar-refractivity contribution in [1.29, 1.82) is 0 Å². The minimum atomic E-state index is 0.0915. The lowest BCUT2D eigenvalue weighted by molar-refractivity contribution is 0.0607. The van der Waals surface area contributed by atoms with Crippen molar-refractivity contribution in [1.82, 2.24) is 14.7 Å². The highest BCUT2D eigenvalue weighted by Crippen LogP contribution is 2.30. The lowest BCUT2D eigenvalue weighted by Crippen LogP contribution is -2.45. The number of piperidine rings is 1. The molecule has 1 saturated heterocycles. The van der Waals surface area contributed by atoms with Crippen LogP contribution in [0.25, 0.3) is 0 Å². The smallest absolute Gasteiger partial charge is 0.272 e. The molecule has 0 bridgehead atoms. The van der Waals surface area contributed by atoms with Crippen LogP contribution in [0.15, 0.2) is 6.07 Å². The van der Waals surface area contributed by atoms with Crippen LogP contribution in [0.3, 0.4) is 0 Å². The highest BCUT2D eigenvalue weighted by molar-refractivity contribution is 5.92. The quantitative estimate of drug-likeness (QED) is 0.891. The Morgan fingerprint density at radius 3 is 2.58 bits per heavy atom. The van der Waals surface area contributed by atoms with Crippen LogP contribution in [0.5, 0.6) is 0 Å². The topological polar surface area (TPSA) is 64.2 Å². The Bertz CT molecular complexity index is 458. The van der Waals surface area contributed by atoms with Gasteiger partial charge in [0.15, 0.2) is 0 Å². The molecule has 0 atom stereocenters. The number of hydrogen-bond donors (Lipinski definition) is 1. The van der Waals surface area contributed by atoms with E-state index in [2.05, 4.69) is 12.0 Å². The summed E-state index contributed by atoms with van der Waals surface area (Å²) in [5.74, 6) is 0.0915. The largest absolute Gasteiger partial charge is 0.337 e. The van der Waals surface area contributed by atoms with Gasteiger partial charge in [0.25, 0.3) is 5.91 Å². The van der Waals surface area contributed by atoms with Crippen LogP contribution in [-0.2, 0) is 13.5 Å². The minimum Gasteiger partial charge on any atom is -0.337 e. The maximum atomic E-state index is 12.5. The van der Waals surface area contributed by atoms with Crippen molar-refractivity contribution in [2.45, 2.75) is 33.1 Å². The van der Waals surface area contributed by atoms with Gasteiger partial charge in [-0.3, -0.25) is 9.48 Å². The van der Waals surface area contributed by atoms with Crippen molar-refractivity contribution >= 4 is 5.91 Å². The van der Waals surface area contributed by atoms with E-state index < -0.39 is 0 Å². The van der Waals surface area contributed by atoms with Crippen LogP contribution >= 0.6 is 0 Å². The Kier molecular flexibility index (Phi) is 3.94. The van der Waals surface area contributed by atoms with Crippen LogP contribution in [0.4, 0.5) is 0 Å². The molecule has 2 heterocycles. The molecule has 19 heavy (non-hydrogen) atoms. The van der Waals surface area contributed by atoms with E-state index >= 15 is 0 Å². The molecule has 1 aromatic heterocycles. The Morgan fingerprint density at radius 1 is 1.47 bits per heavy atom. The molecular weight excluding hydrogens is 240 g/mol. The number of nitrogens with zero attached hydrogens (tertiary/aromatic N) is 3. The molecule has 106 valence electrons. The van der Waals surface area contributed by atoms with E-state index in [9.17, 15) is 4.79 Å². The van der Waals surface area contributed by atoms with Gasteiger partial charge >= 0.3 is 0 Å². The number of rotatable bonds is 3. The fraction of sp³-hybridized carbons (Fsp3) is 0.714. The van der Waals surface area contributed by atoms with E-state index in [1.54, 1.807) is 4.68 Å². The van der Waals surface area contributed by atoms with Crippen molar-refractivity contribution in [3.05, 3.63) is 17.5 Å². The van der Waals surface area contributed by atoms with Crippen molar-refractivity contribution in [2.24, 2.45) is 18.2 Å². The van der Waals surface area contributed by atoms with Gasteiger partial charge in [-0.25, -0.2) is 0 Å². The van der Waals surface area contributed by atoms with E-state index in [0.717, 1.165) is 38.0 Å². The summed E-state index contributed by atoms with van der Waals surface area (Å²) >= 11 is 0. The normalized spacial score (nSPS) is 18.6. The Hall–Kier alpha value is -1.36. The Morgan fingerprint density at radius 2 is 2.11 bits per heavy atom. The number of carbonyl (C=O) groups is 1. The maximum Gasteiger partial charge on any atom is 0.272 e. The number of likely N-dealkylation sites (tertiary alicyclic amines) is 1.